The molecule has 0 aliphatic carbocycles. The van der Waals surface area contributed by atoms with Gasteiger partial charge in [0.2, 0.25) is 0 Å². The minimum absolute atomic E-state index is 0.130. The lowest BCUT2D eigenvalue weighted by molar-refractivity contribution is -0.144. The Bertz CT molecular complexity index is 166. The highest BCUT2D eigenvalue weighted by Crippen LogP contribution is 2.01. The van der Waals surface area contributed by atoms with Crippen molar-refractivity contribution in [2.24, 2.45) is 5.92 Å². The number of carbonyl (C=O) groups is 1. The van der Waals surface area contributed by atoms with Crippen LogP contribution in [0.25, 0.3) is 0 Å². The van der Waals surface area contributed by atoms with Crippen molar-refractivity contribution < 1.29 is 9.53 Å². The van der Waals surface area contributed by atoms with E-state index in [0.29, 0.717) is 6.42 Å². The Hall–Kier alpha value is -0.490. The highest BCUT2D eigenvalue weighted by molar-refractivity contribution is 9.12. The Morgan fingerprint density at radius 3 is 2.80 bits per heavy atom. The number of halogens is 1. The fourth-order valence-electron chi connectivity index (χ4n) is 0.476. The molecule has 56 valence electrons. The second-order valence-corrected chi connectivity index (χ2v) is 2.30. The lowest BCUT2D eigenvalue weighted by atomic mass is 10.1. The first-order valence-electron chi connectivity index (χ1n) is 2.88. The van der Waals surface area contributed by atoms with Crippen molar-refractivity contribution in [3.05, 3.63) is 0 Å². The van der Waals surface area contributed by atoms with Crippen LogP contribution in [0.15, 0.2) is 0 Å². The normalized spacial score (nSPS) is 11.1. The largest absolute Gasteiger partial charge is 0.469 e. The van der Waals surface area contributed by atoms with Crippen molar-refractivity contribution in [3.8, 4) is 10.8 Å². The number of ether oxygens (including phenoxy) is 1. The van der Waals surface area contributed by atoms with Crippen molar-refractivity contribution in [2.75, 3.05) is 7.11 Å². The van der Waals surface area contributed by atoms with E-state index in [4.69, 9.17) is 0 Å². The number of esters is 1. The first kappa shape index (κ1) is 9.51. The quantitative estimate of drug-likeness (QED) is 0.504. The molecule has 0 saturated heterocycles. The molecule has 0 saturated carbocycles. The molecular formula is C7H9BrO2. The number of methoxy groups -OCH3 is 1. The van der Waals surface area contributed by atoms with Crippen LogP contribution in [0.3, 0.4) is 0 Å². The summed E-state index contributed by atoms with van der Waals surface area (Å²) < 4.78 is 4.49. The topological polar surface area (TPSA) is 26.3 Å². The van der Waals surface area contributed by atoms with Gasteiger partial charge in [-0.25, -0.2) is 0 Å². The molecule has 0 aliphatic heterocycles. The summed E-state index contributed by atoms with van der Waals surface area (Å²) in [5.41, 5.74) is 0. The molecule has 1 atom stereocenters. The second kappa shape index (κ2) is 5.31. The van der Waals surface area contributed by atoms with E-state index in [9.17, 15) is 4.79 Å². The van der Waals surface area contributed by atoms with Gasteiger partial charge in [-0.2, -0.15) is 0 Å². The summed E-state index contributed by atoms with van der Waals surface area (Å²) in [6, 6.07) is 0. The van der Waals surface area contributed by atoms with Gasteiger partial charge in [0.15, 0.2) is 0 Å². The molecular weight excluding hydrogens is 196 g/mol. The first-order valence-corrected chi connectivity index (χ1v) is 3.68. The van der Waals surface area contributed by atoms with Crippen LogP contribution < -0.4 is 0 Å². The van der Waals surface area contributed by atoms with Gasteiger partial charge in [0.25, 0.3) is 0 Å². The summed E-state index contributed by atoms with van der Waals surface area (Å²) in [6.45, 7) is 1.78. The van der Waals surface area contributed by atoms with Crippen LogP contribution in [0.1, 0.15) is 13.3 Å². The van der Waals surface area contributed by atoms with E-state index in [0.717, 1.165) is 0 Å². The fraction of sp³-hybridized carbons (Fsp3) is 0.571. The molecule has 10 heavy (non-hydrogen) atoms. The smallest absolute Gasteiger partial charge is 0.309 e. The monoisotopic (exact) mass is 204 g/mol. The standard InChI is InChI=1S/C7H9BrO2/c1-6(4-3-5-8)7(9)10-2/h6H,4H2,1-2H3/t6-/m0/s1. The maximum Gasteiger partial charge on any atom is 0.309 e. The minimum atomic E-state index is -0.213. The van der Waals surface area contributed by atoms with Crippen LogP contribution in [-0.2, 0) is 9.53 Å². The van der Waals surface area contributed by atoms with Crippen molar-refractivity contribution in [1.29, 1.82) is 0 Å². The minimum Gasteiger partial charge on any atom is -0.469 e. The molecule has 0 unspecified atom stereocenters. The third-order valence-electron chi connectivity index (χ3n) is 1.08. The molecule has 0 aliphatic rings. The van der Waals surface area contributed by atoms with Crippen molar-refractivity contribution >= 4 is 21.9 Å². The summed E-state index contributed by atoms with van der Waals surface area (Å²) in [5, 5.41) is 0. The summed E-state index contributed by atoms with van der Waals surface area (Å²) in [5.74, 6) is 2.39. The average Bonchev–Trinajstić information content (AvgIpc) is 1.98. The SMILES string of the molecule is COC(=O)[C@@H](C)CC#CBr. The molecule has 0 aromatic rings. The van der Waals surface area contributed by atoms with Gasteiger partial charge in [0.05, 0.1) is 13.0 Å². The zero-order valence-electron chi connectivity index (χ0n) is 5.98. The van der Waals surface area contributed by atoms with Crippen molar-refractivity contribution in [2.45, 2.75) is 13.3 Å². The van der Waals surface area contributed by atoms with Crippen LogP contribution >= 0.6 is 15.9 Å². The third-order valence-corrected chi connectivity index (χ3v) is 1.36. The first-order chi connectivity index (χ1) is 4.72. The van der Waals surface area contributed by atoms with E-state index >= 15 is 0 Å². The average molecular weight is 205 g/mol. The van der Waals surface area contributed by atoms with Crippen LogP contribution in [-0.4, -0.2) is 13.1 Å². The Kier molecular flexibility index (Phi) is 5.05. The van der Waals surface area contributed by atoms with E-state index in [-0.39, 0.29) is 11.9 Å². The predicted molar refractivity (Wildman–Crippen MR) is 42.5 cm³/mol. The molecule has 0 radical (unpaired) electrons. The van der Waals surface area contributed by atoms with Crippen LogP contribution in [0.2, 0.25) is 0 Å². The van der Waals surface area contributed by atoms with E-state index in [2.05, 4.69) is 31.4 Å². The number of rotatable bonds is 2. The van der Waals surface area contributed by atoms with E-state index in [1.807, 2.05) is 0 Å². The molecule has 0 fully saturated rings. The molecule has 0 aromatic heterocycles. The Morgan fingerprint density at radius 1 is 1.80 bits per heavy atom. The Balaban J connectivity index is 3.69. The maximum absolute atomic E-state index is 10.7. The van der Waals surface area contributed by atoms with E-state index in [1.54, 1.807) is 6.92 Å². The highest BCUT2D eigenvalue weighted by atomic mass is 79.9. The van der Waals surface area contributed by atoms with Gasteiger partial charge in [-0.3, -0.25) is 4.79 Å². The Labute approximate surface area is 69.1 Å². The maximum atomic E-state index is 10.7. The van der Waals surface area contributed by atoms with E-state index < -0.39 is 0 Å². The molecule has 0 amide bonds. The van der Waals surface area contributed by atoms with Gasteiger partial charge in [0, 0.05) is 22.4 Å². The van der Waals surface area contributed by atoms with Crippen LogP contribution in [0.5, 0.6) is 0 Å². The van der Waals surface area contributed by atoms with Crippen LogP contribution in [0, 0.1) is 16.7 Å². The summed E-state index contributed by atoms with van der Waals surface area (Å²) in [4.78, 5) is 13.2. The van der Waals surface area contributed by atoms with Crippen molar-refractivity contribution in [3.63, 3.8) is 0 Å². The van der Waals surface area contributed by atoms with Gasteiger partial charge in [0.1, 0.15) is 0 Å². The summed E-state index contributed by atoms with van der Waals surface area (Å²) >= 11 is 2.94. The predicted octanol–water partition coefficient (Wildman–Crippen LogP) is 1.54. The molecule has 0 heterocycles. The number of hydrogen-bond acceptors (Lipinski definition) is 2. The lowest BCUT2D eigenvalue weighted by Gasteiger charge is -2.02. The lowest BCUT2D eigenvalue weighted by Crippen LogP contribution is -2.11. The molecule has 0 rings (SSSR count). The van der Waals surface area contributed by atoms with E-state index in [1.165, 1.54) is 7.11 Å². The molecule has 2 nitrogen and oxygen atoms in total. The number of hydrogen-bond donors (Lipinski definition) is 0. The molecule has 0 N–H and O–H groups in total. The zero-order chi connectivity index (χ0) is 7.98. The van der Waals surface area contributed by atoms with Gasteiger partial charge in [-0.15, -0.1) is 0 Å². The fourth-order valence-corrected chi connectivity index (χ4v) is 0.638. The van der Waals surface area contributed by atoms with Gasteiger partial charge in [-0.05, 0) is 4.83 Å². The van der Waals surface area contributed by atoms with Gasteiger partial charge < -0.3 is 4.74 Å². The Morgan fingerprint density at radius 2 is 2.40 bits per heavy atom. The summed E-state index contributed by atoms with van der Waals surface area (Å²) in [6.07, 6.45) is 0.540. The molecule has 0 spiro atoms. The number of carbonyl (C=O) groups excluding carboxylic acids is 1. The van der Waals surface area contributed by atoms with Gasteiger partial charge in [-0.1, -0.05) is 12.8 Å². The molecule has 0 aromatic carbocycles. The van der Waals surface area contributed by atoms with Gasteiger partial charge >= 0.3 is 5.97 Å². The molecule has 0 bridgehead atoms. The highest BCUT2D eigenvalue weighted by Gasteiger charge is 2.10. The van der Waals surface area contributed by atoms with Crippen LogP contribution in [0.4, 0.5) is 0 Å². The third kappa shape index (κ3) is 3.52. The zero-order valence-corrected chi connectivity index (χ0v) is 7.56. The summed E-state index contributed by atoms with van der Waals surface area (Å²) in [7, 11) is 1.38. The second-order valence-electron chi connectivity index (χ2n) is 1.90. The van der Waals surface area contributed by atoms with Crippen molar-refractivity contribution in [1.82, 2.24) is 0 Å². The molecule has 3 heteroatoms.